The summed E-state index contributed by atoms with van der Waals surface area (Å²) < 4.78 is 0. The van der Waals surface area contributed by atoms with E-state index in [1.165, 1.54) is 10.6 Å². The molecule has 62 valence electrons. The van der Waals surface area contributed by atoms with Gasteiger partial charge >= 0.3 is 0 Å². The van der Waals surface area contributed by atoms with Gasteiger partial charge in [-0.05, 0) is 39.0 Å². The minimum absolute atomic E-state index is 0.123. The van der Waals surface area contributed by atoms with E-state index in [-0.39, 0.29) is 5.54 Å². The number of hydrogen-bond acceptors (Lipinski definition) is 2. The van der Waals surface area contributed by atoms with Crippen molar-refractivity contribution in [2.75, 3.05) is 6.26 Å². The van der Waals surface area contributed by atoms with Crippen LogP contribution in [-0.2, 0) is 0 Å². The van der Waals surface area contributed by atoms with Crippen LogP contribution in [0.15, 0.2) is 16.6 Å². The summed E-state index contributed by atoms with van der Waals surface area (Å²) in [6.45, 7) is 6.48. The highest BCUT2D eigenvalue weighted by Gasteiger charge is 2.20. The Labute approximate surface area is 73.0 Å². The minimum atomic E-state index is 0.123. The standard InChI is InChI=1S/C9H15NS/c1-7-5-6-9(2,3)10-8(7)11-4/h5H,6H2,1-4H3. The Balaban J connectivity index is 2.87. The molecule has 0 radical (unpaired) electrons. The number of dihydropyridines is 1. The normalized spacial score (nSPS) is 22.5. The second-order valence-corrected chi connectivity index (χ2v) is 4.32. The zero-order valence-corrected chi connectivity index (χ0v) is 8.46. The van der Waals surface area contributed by atoms with Gasteiger partial charge in [-0.3, -0.25) is 4.99 Å². The Morgan fingerprint density at radius 3 is 2.64 bits per heavy atom. The van der Waals surface area contributed by atoms with Crippen molar-refractivity contribution < 1.29 is 0 Å². The van der Waals surface area contributed by atoms with Crippen LogP contribution in [-0.4, -0.2) is 16.8 Å². The zero-order chi connectivity index (χ0) is 8.48. The van der Waals surface area contributed by atoms with Crippen LogP contribution >= 0.6 is 11.8 Å². The van der Waals surface area contributed by atoms with Gasteiger partial charge in [-0.25, -0.2) is 0 Å². The average molecular weight is 169 g/mol. The molecule has 0 amide bonds. The number of nitrogens with zero attached hydrogens (tertiary/aromatic N) is 1. The Kier molecular flexibility index (Phi) is 2.43. The summed E-state index contributed by atoms with van der Waals surface area (Å²) in [7, 11) is 0. The van der Waals surface area contributed by atoms with Crippen molar-refractivity contribution in [3.05, 3.63) is 11.6 Å². The largest absolute Gasteiger partial charge is 0.272 e. The first kappa shape index (κ1) is 8.85. The van der Waals surface area contributed by atoms with Crippen molar-refractivity contribution in [3.63, 3.8) is 0 Å². The average Bonchev–Trinajstić information content (AvgIpc) is 1.94. The summed E-state index contributed by atoms with van der Waals surface area (Å²) in [6.07, 6.45) is 5.43. The van der Waals surface area contributed by atoms with Crippen LogP contribution in [0.5, 0.6) is 0 Å². The van der Waals surface area contributed by atoms with E-state index in [0.29, 0.717) is 0 Å². The van der Waals surface area contributed by atoms with Crippen LogP contribution in [0.25, 0.3) is 0 Å². The van der Waals surface area contributed by atoms with E-state index >= 15 is 0 Å². The number of rotatable bonds is 0. The Bertz CT molecular complexity index is 214. The second kappa shape index (κ2) is 3.02. The van der Waals surface area contributed by atoms with Crippen LogP contribution < -0.4 is 0 Å². The summed E-state index contributed by atoms with van der Waals surface area (Å²) >= 11 is 1.74. The Morgan fingerprint density at radius 1 is 1.55 bits per heavy atom. The molecular weight excluding hydrogens is 154 g/mol. The fourth-order valence-corrected chi connectivity index (χ4v) is 1.85. The first-order valence-electron chi connectivity index (χ1n) is 3.86. The molecule has 0 N–H and O–H groups in total. The van der Waals surface area contributed by atoms with Gasteiger partial charge in [-0.2, -0.15) is 0 Å². The van der Waals surface area contributed by atoms with Crippen LogP contribution in [0.2, 0.25) is 0 Å². The van der Waals surface area contributed by atoms with Crippen molar-refractivity contribution >= 4 is 16.8 Å². The van der Waals surface area contributed by atoms with Crippen molar-refractivity contribution in [1.82, 2.24) is 0 Å². The molecule has 2 heteroatoms. The fraction of sp³-hybridized carbons (Fsp3) is 0.667. The predicted molar refractivity (Wildman–Crippen MR) is 53.4 cm³/mol. The number of thioether (sulfide) groups is 1. The van der Waals surface area contributed by atoms with Crippen molar-refractivity contribution in [2.45, 2.75) is 32.7 Å². The molecule has 0 fully saturated rings. The zero-order valence-electron chi connectivity index (χ0n) is 7.64. The van der Waals surface area contributed by atoms with E-state index < -0.39 is 0 Å². The van der Waals surface area contributed by atoms with E-state index in [4.69, 9.17) is 0 Å². The molecule has 0 atom stereocenters. The molecule has 1 aliphatic heterocycles. The summed E-state index contributed by atoms with van der Waals surface area (Å²) in [4.78, 5) is 4.62. The van der Waals surface area contributed by atoms with Crippen LogP contribution in [0.1, 0.15) is 27.2 Å². The first-order valence-corrected chi connectivity index (χ1v) is 5.08. The van der Waals surface area contributed by atoms with E-state index in [9.17, 15) is 0 Å². The van der Waals surface area contributed by atoms with Gasteiger partial charge in [-0.15, -0.1) is 11.8 Å². The van der Waals surface area contributed by atoms with Gasteiger partial charge in [0.05, 0.1) is 10.6 Å². The summed E-state index contributed by atoms with van der Waals surface area (Å²) in [5, 5.41) is 1.20. The molecule has 0 aromatic heterocycles. The molecule has 0 bridgehead atoms. The molecule has 1 heterocycles. The second-order valence-electron chi connectivity index (χ2n) is 3.52. The maximum atomic E-state index is 4.62. The van der Waals surface area contributed by atoms with Crippen LogP contribution in [0, 0.1) is 0 Å². The van der Waals surface area contributed by atoms with Crippen molar-refractivity contribution in [2.24, 2.45) is 4.99 Å². The lowest BCUT2D eigenvalue weighted by atomic mass is 9.97. The monoisotopic (exact) mass is 169 g/mol. The van der Waals surface area contributed by atoms with Crippen molar-refractivity contribution in [3.8, 4) is 0 Å². The first-order chi connectivity index (χ1) is 5.05. The Hall–Kier alpha value is -0.240. The van der Waals surface area contributed by atoms with Gasteiger partial charge in [-0.1, -0.05) is 6.08 Å². The van der Waals surface area contributed by atoms with Gasteiger partial charge in [0, 0.05) is 0 Å². The van der Waals surface area contributed by atoms with Crippen LogP contribution in [0.4, 0.5) is 0 Å². The SMILES string of the molecule is CSC1=NC(C)(C)CC=C1C. The predicted octanol–water partition coefficient (Wildman–Crippen LogP) is 2.88. The third kappa shape index (κ3) is 2.09. The summed E-state index contributed by atoms with van der Waals surface area (Å²) in [5.74, 6) is 0. The highest BCUT2D eigenvalue weighted by atomic mass is 32.2. The van der Waals surface area contributed by atoms with Gasteiger partial charge < -0.3 is 0 Å². The number of hydrogen-bond donors (Lipinski definition) is 0. The molecule has 0 unspecified atom stereocenters. The van der Waals surface area contributed by atoms with E-state index in [1.807, 2.05) is 0 Å². The molecule has 1 rings (SSSR count). The third-order valence-electron chi connectivity index (χ3n) is 1.84. The molecule has 11 heavy (non-hydrogen) atoms. The van der Waals surface area contributed by atoms with Gasteiger partial charge in [0.25, 0.3) is 0 Å². The maximum Gasteiger partial charge on any atom is 0.0934 e. The molecule has 1 aliphatic rings. The lowest BCUT2D eigenvalue weighted by Crippen LogP contribution is -2.21. The highest BCUT2D eigenvalue weighted by molar-refractivity contribution is 8.13. The van der Waals surface area contributed by atoms with E-state index in [1.54, 1.807) is 11.8 Å². The molecule has 1 nitrogen and oxygen atoms in total. The molecule has 0 saturated heterocycles. The maximum absolute atomic E-state index is 4.62. The molecule has 0 spiro atoms. The number of aliphatic imine (C=N–C) groups is 1. The topological polar surface area (TPSA) is 12.4 Å². The molecule has 0 saturated carbocycles. The van der Waals surface area contributed by atoms with Gasteiger partial charge in [0.1, 0.15) is 0 Å². The quantitative estimate of drug-likeness (QED) is 0.543. The summed E-state index contributed by atoms with van der Waals surface area (Å²) in [6, 6.07) is 0. The minimum Gasteiger partial charge on any atom is -0.272 e. The molecule has 0 aliphatic carbocycles. The molecular formula is C9H15NS. The Morgan fingerprint density at radius 2 is 2.18 bits per heavy atom. The molecule has 0 aromatic rings. The van der Waals surface area contributed by atoms with E-state index in [0.717, 1.165) is 6.42 Å². The van der Waals surface area contributed by atoms with Crippen LogP contribution in [0.3, 0.4) is 0 Å². The smallest absolute Gasteiger partial charge is 0.0934 e. The lowest BCUT2D eigenvalue weighted by molar-refractivity contribution is 0.526. The fourth-order valence-electron chi connectivity index (χ4n) is 1.11. The highest BCUT2D eigenvalue weighted by Crippen LogP contribution is 2.25. The molecule has 0 aromatic carbocycles. The van der Waals surface area contributed by atoms with Gasteiger partial charge in [0.2, 0.25) is 0 Å². The van der Waals surface area contributed by atoms with E-state index in [2.05, 4.69) is 38.1 Å². The third-order valence-corrected chi connectivity index (χ3v) is 2.64. The summed E-state index contributed by atoms with van der Waals surface area (Å²) in [5.41, 5.74) is 1.45. The van der Waals surface area contributed by atoms with Crippen molar-refractivity contribution in [1.29, 1.82) is 0 Å². The lowest BCUT2D eigenvalue weighted by Gasteiger charge is -2.24. The van der Waals surface area contributed by atoms with Gasteiger partial charge in [0.15, 0.2) is 0 Å².